The van der Waals surface area contributed by atoms with Crippen LogP contribution in [0.5, 0.6) is 0 Å². The molecule has 2 nitrogen and oxygen atoms in total. The molecule has 2 aromatic heterocycles. The normalized spacial score (nSPS) is 10.7. The van der Waals surface area contributed by atoms with Gasteiger partial charge in [0.05, 0.1) is 11.4 Å². The van der Waals surface area contributed by atoms with Crippen molar-refractivity contribution in [2.45, 2.75) is 26.8 Å². The summed E-state index contributed by atoms with van der Waals surface area (Å²) in [6.45, 7) is 4.86. The molecule has 0 aliphatic heterocycles. The first-order valence-electron chi connectivity index (χ1n) is 6.09. The van der Waals surface area contributed by atoms with Gasteiger partial charge in [0.15, 0.2) is 0 Å². The standard InChI is InChI=1S/C14H16BrNOS2/c1-4-12-9(2)5-13(19-12)14(17)16(3)7-11-6-10(15)8-18-11/h5-6,8H,4,7H2,1-3H3. The van der Waals surface area contributed by atoms with E-state index in [1.54, 1.807) is 27.6 Å². The van der Waals surface area contributed by atoms with Crippen molar-refractivity contribution >= 4 is 44.5 Å². The molecule has 0 aliphatic carbocycles. The molecule has 0 radical (unpaired) electrons. The van der Waals surface area contributed by atoms with Crippen LogP contribution < -0.4 is 0 Å². The van der Waals surface area contributed by atoms with Gasteiger partial charge in [-0.15, -0.1) is 22.7 Å². The van der Waals surface area contributed by atoms with Crippen LogP contribution in [0.2, 0.25) is 0 Å². The first-order valence-corrected chi connectivity index (χ1v) is 8.57. The predicted molar refractivity (Wildman–Crippen MR) is 86.3 cm³/mol. The molecule has 2 rings (SSSR count). The van der Waals surface area contributed by atoms with E-state index in [0.29, 0.717) is 6.54 Å². The summed E-state index contributed by atoms with van der Waals surface area (Å²) in [5.74, 6) is 0.109. The fraction of sp³-hybridized carbons (Fsp3) is 0.357. The molecule has 0 N–H and O–H groups in total. The van der Waals surface area contributed by atoms with E-state index in [2.05, 4.69) is 35.8 Å². The Kier molecular flexibility index (Phi) is 4.81. The largest absolute Gasteiger partial charge is 0.336 e. The molecule has 0 saturated carbocycles. The Morgan fingerprint density at radius 3 is 2.68 bits per heavy atom. The summed E-state index contributed by atoms with van der Waals surface area (Å²) in [6.07, 6.45) is 0.991. The van der Waals surface area contributed by atoms with E-state index in [1.165, 1.54) is 15.3 Å². The minimum atomic E-state index is 0.109. The van der Waals surface area contributed by atoms with Crippen molar-refractivity contribution in [2.75, 3.05) is 7.05 Å². The van der Waals surface area contributed by atoms with Crippen LogP contribution in [0.25, 0.3) is 0 Å². The number of rotatable bonds is 4. The summed E-state index contributed by atoms with van der Waals surface area (Å²) in [6, 6.07) is 4.07. The van der Waals surface area contributed by atoms with Crippen molar-refractivity contribution in [3.05, 3.63) is 42.2 Å². The minimum absolute atomic E-state index is 0.109. The molecule has 0 spiro atoms. The van der Waals surface area contributed by atoms with Crippen molar-refractivity contribution in [3.63, 3.8) is 0 Å². The maximum absolute atomic E-state index is 12.4. The molecule has 19 heavy (non-hydrogen) atoms. The highest BCUT2D eigenvalue weighted by Crippen LogP contribution is 2.25. The van der Waals surface area contributed by atoms with Gasteiger partial charge in [-0.3, -0.25) is 4.79 Å². The van der Waals surface area contributed by atoms with Crippen molar-refractivity contribution < 1.29 is 4.79 Å². The van der Waals surface area contributed by atoms with Gasteiger partial charge in [0.2, 0.25) is 0 Å². The summed E-state index contributed by atoms with van der Waals surface area (Å²) in [4.78, 5) is 17.5. The monoisotopic (exact) mass is 357 g/mol. The quantitative estimate of drug-likeness (QED) is 0.775. The topological polar surface area (TPSA) is 20.3 Å². The van der Waals surface area contributed by atoms with Crippen LogP contribution in [0, 0.1) is 6.92 Å². The third-order valence-electron chi connectivity index (χ3n) is 2.91. The maximum atomic E-state index is 12.4. The summed E-state index contributed by atoms with van der Waals surface area (Å²) >= 11 is 6.72. The summed E-state index contributed by atoms with van der Waals surface area (Å²) in [7, 11) is 1.86. The van der Waals surface area contributed by atoms with E-state index >= 15 is 0 Å². The van der Waals surface area contributed by atoms with Gasteiger partial charge in [-0.1, -0.05) is 6.92 Å². The number of thiophene rings is 2. The van der Waals surface area contributed by atoms with E-state index in [9.17, 15) is 4.79 Å². The van der Waals surface area contributed by atoms with Crippen molar-refractivity contribution in [2.24, 2.45) is 0 Å². The predicted octanol–water partition coefficient (Wildman–Crippen LogP) is 4.72. The number of aryl methyl sites for hydroxylation is 2. The zero-order valence-electron chi connectivity index (χ0n) is 11.2. The smallest absolute Gasteiger partial charge is 0.264 e. The van der Waals surface area contributed by atoms with Crippen LogP contribution in [0.4, 0.5) is 0 Å². The lowest BCUT2D eigenvalue weighted by Gasteiger charge is -2.14. The molecular formula is C14H16BrNOS2. The van der Waals surface area contributed by atoms with E-state index in [4.69, 9.17) is 0 Å². The van der Waals surface area contributed by atoms with E-state index in [0.717, 1.165) is 15.8 Å². The Morgan fingerprint density at radius 2 is 2.16 bits per heavy atom. The van der Waals surface area contributed by atoms with Crippen LogP contribution in [0.1, 0.15) is 31.9 Å². The number of halogens is 1. The van der Waals surface area contributed by atoms with Gasteiger partial charge >= 0.3 is 0 Å². The molecule has 0 fully saturated rings. The average molecular weight is 358 g/mol. The fourth-order valence-corrected chi connectivity index (χ4v) is 4.52. The van der Waals surface area contributed by atoms with Crippen LogP contribution in [0.15, 0.2) is 22.0 Å². The molecule has 0 aliphatic rings. The second-order valence-electron chi connectivity index (χ2n) is 4.46. The van der Waals surface area contributed by atoms with Crippen LogP contribution in [-0.4, -0.2) is 17.9 Å². The van der Waals surface area contributed by atoms with Gasteiger partial charge in [-0.05, 0) is 47.0 Å². The zero-order chi connectivity index (χ0) is 14.0. The molecule has 2 heterocycles. The van der Waals surface area contributed by atoms with E-state index < -0.39 is 0 Å². The molecule has 102 valence electrons. The molecule has 0 aromatic carbocycles. The van der Waals surface area contributed by atoms with Gasteiger partial charge in [0.25, 0.3) is 5.91 Å². The minimum Gasteiger partial charge on any atom is -0.336 e. The molecule has 1 amide bonds. The first kappa shape index (κ1) is 14.8. The molecule has 0 atom stereocenters. The second kappa shape index (κ2) is 6.20. The third-order valence-corrected chi connectivity index (χ3v) is 5.97. The van der Waals surface area contributed by atoms with Gasteiger partial charge in [0.1, 0.15) is 0 Å². The first-order chi connectivity index (χ1) is 9.01. The molecule has 0 saturated heterocycles. The molecular weight excluding hydrogens is 342 g/mol. The lowest BCUT2D eigenvalue weighted by Crippen LogP contribution is -2.24. The fourth-order valence-electron chi connectivity index (χ4n) is 1.91. The highest BCUT2D eigenvalue weighted by atomic mass is 79.9. The third kappa shape index (κ3) is 3.46. The Hall–Kier alpha value is -0.650. The highest BCUT2D eigenvalue weighted by Gasteiger charge is 2.16. The average Bonchev–Trinajstić information content (AvgIpc) is 2.94. The number of nitrogens with zero attached hydrogens (tertiary/aromatic N) is 1. The SMILES string of the molecule is CCc1sc(C(=O)N(C)Cc2cc(Br)cs2)cc1C. The lowest BCUT2D eigenvalue weighted by atomic mass is 10.2. The zero-order valence-corrected chi connectivity index (χ0v) is 14.4. The maximum Gasteiger partial charge on any atom is 0.264 e. The second-order valence-corrected chi connectivity index (χ2v) is 7.51. The Labute approximate surface area is 130 Å². The van der Waals surface area contributed by atoms with Crippen molar-refractivity contribution in [1.82, 2.24) is 4.90 Å². The van der Waals surface area contributed by atoms with Crippen molar-refractivity contribution in [1.29, 1.82) is 0 Å². The van der Waals surface area contributed by atoms with Crippen LogP contribution in [-0.2, 0) is 13.0 Å². The van der Waals surface area contributed by atoms with Crippen molar-refractivity contribution in [3.8, 4) is 0 Å². The Bertz CT molecular complexity index is 588. The molecule has 5 heteroatoms. The van der Waals surface area contributed by atoms with Gasteiger partial charge in [-0.2, -0.15) is 0 Å². The number of carbonyl (C=O) groups is 1. The van der Waals surface area contributed by atoms with E-state index in [1.807, 2.05) is 18.5 Å². The molecule has 2 aromatic rings. The number of amides is 1. The highest BCUT2D eigenvalue weighted by molar-refractivity contribution is 9.10. The molecule has 0 unspecified atom stereocenters. The van der Waals surface area contributed by atoms with Gasteiger partial charge in [-0.25, -0.2) is 0 Å². The number of hydrogen-bond donors (Lipinski definition) is 0. The summed E-state index contributed by atoms with van der Waals surface area (Å²) in [5, 5.41) is 2.04. The molecule has 0 bridgehead atoms. The van der Waals surface area contributed by atoms with E-state index in [-0.39, 0.29) is 5.91 Å². The summed E-state index contributed by atoms with van der Waals surface area (Å²) in [5.41, 5.74) is 1.23. The Morgan fingerprint density at radius 1 is 1.42 bits per heavy atom. The number of hydrogen-bond acceptors (Lipinski definition) is 3. The Balaban J connectivity index is 2.09. The van der Waals surface area contributed by atoms with Gasteiger partial charge < -0.3 is 4.90 Å². The lowest BCUT2D eigenvalue weighted by molar-refractivity contribution is 0.0791. The van der Waals surface area contributed by atoms with Gasteiger partial charge in [0, 0.05) is 26.7 Å². The van der Waals surface area contributed by atoms with Crippen LogP contribution in [0.3, 0.4) is 0 Å². The summed E-state index contributed by atoms with van der Waals surface area (Å²) < 4.78 is 1.08. The van der Waals surface area contributed by atoms with Crippen LogP contribution >= 0.6 is 38.6 Å². The number of carbonyl (C=O) groups excluding carboxylic acids is 1.